The molecule has 10 nitrogen and oxygen atoms in total. The van der Waals surface area contributed by atoms with Crippen LogP contribution in [0.15, 0.2) is 65.1 Å². The number of thioether (sulfide) groups is 1. The van der Waals surface area contributed by atoms with Crippen molar-refractivity contribution < 1.29 is 28.2 Å². The second-order valence-corrected chi connectivity index (χ2v) is 15.9. The van der Waals surface area contributed by atoms with Gasteiger partial charge in [0, 0.05) is 64.4 Å². The van der Waals surface area contributed by atoms with Crippen molar-refractivity contribution in [2.24, 2.45) is 0 Å². The molecule has 5 N–H and O–H groups in total. The first-order valence-electron chi connectivity index (χ1n) is 16.1. The van der Waals surface area contributed by atoms with Gasteiger partial charge in [-0.1, -0.05) is 30.4 Å². The summed E-state index contributed by atoms with van der Waals surface area (Å²) in [7, 11) is -2.50. The van der Waals surface area contributed by atoms with Crippen molar-refractivity contribution in [3.63, 3.8) is 0 Å². The molecule has 2 atom stereocenters. The van der Waals surface area contributed by atoms with Gasteiger partial charge in [-0.2, -0.15) is 8.42 Å². The molecule has 0 aromatic heterocycles. The number of hydrogen-bond donors (Lipinski definition) is 5. The van der Waals surface area contributed by atoms with E-state index in [0.29, 0.717) is 18.4 Å². The number of anilines is 2. The third-order valence-corrected chi connectivity index (χ3v) is 9.76. The van der Waals surface area contributed by atoms with Crippen LogP contribution in [0.5, 0.6) is 0 Å². The number of nitrogens with zero attached hydrogens (tertiary/aromatic N) is 1. The molecule has 0 radical (unpaired) electrons. The van der Waals surface area contributed by atoms with Crippen LogP contribution in [0.2, 0.25) is 0 Å². The van der Waals surface area contributed by atoms with Crippen LogP contribution in [0.4, 0.5) is 11.4 Å². The molecule has 0 saturated carbocycles. The van der Waals surface area contributed by atoms with Crippen LogP contribution in [0.1, 0.15) is 65.0 Å². The standard InChI is InChI=1S/C36H48N4O6S2/c1-35(2,3)39-29-10-8-7-9-27(29)28-14-11-23(17-32(28)48(45)46)21-40-31-16-13-26(47-6)18-24(31)12-15-30(34(40)44)38-33(43)19-36(4,5)37-20-25(42)22-41/h7-11,13-14,16,18,25,30,37,39,41-42H,12,15,17,19-22H2,1-6H3,(H,38,43)/t25-,30+/m0/s1. The fourth-order valence-corrected chi connectivity index (χ4v) is 7.06. The monoisotopic (exact) mass is 696 g/mol. The number of benzene rings is 2. The molecule has 0 unspecified atom stereocenters. The lowest BCUT2D eigenvalue weighted by Gasteiger charge is -2.30. The molecule has 2 amide bonds. The number of β-amino-alcohol motifs (C(OH)–C–C–N with tert-alkyl or cyclic N) is 1. The van der Waals surface area contributed by atoms with Crippen molar-refractivity contribution in [2.75, 3.05) is 36.2 Å². The Bertz CT molecular complexity index is 1720. The van der Waals surface area contributed by atoms with Crippen LogP contribution >= 0.6 is 11.8 Å². The highest BCUT2D eigenvalue weighted by atomic mass is 32.2. The van der Waals surface area contributed by atoms with E-state index in [9.17, 15) is 23.1 Å². The van der Waals surface area contributed by atoms with Crippen molar-refractivity contribution in [3.05, 3.63) is 71.3 Å². The third kappa shape index (κ3) is 9.82. The molecular formula is C36H48N4O6S2. The molecule has 2 aromatic rings. The number of aryl methyl sites for hydroxylation is 1. The smallest absolute Gasteiger partial charge is 0.249 e. The van der Waals surface area contributed by atoms with Gasteiger partial charge in [0.05, 0.1) is 17.6 Å². The first kappa shape index (κ1) is 37.4. The molecule has 2 aliphatic rings. The van der Waals surface area contributed by atoms with E-state index in [-0.39, 0.29) is 54.8 Å². The van der Waals surface area contributed by atoms with E-state index in [1.54, 1.807) is 16.7 Å². The zero-order valence-corrected chi connectivity index (χ0v) is 30.2. The molecule has 4 rings (SSSR count). The maximum atomic E-state index is 14.2. The maximum Gasteiger partial charge on any atom is 0.249 e. The summed E-state index contributed by atoms with van der Waals surface area (Å²) in [5.41, 5.74) is 3.79. The van der Waals surface area contributed by atoms with Crippen LogP contribution in [0.25, 0.3) is 5.57 Å². The number of carbonyl (C=O) groups is 2. The highest BCUT2D eigenvalue weighted by molar-refractivity contribution is 7.98. The molecule has 1 aliphatic carbocycles. The number of amides is 2. The van der Waals surface area contributed by atoms with E-state index < -0.39 is 28.0 Å². The zero-order valence-electron chi connectivity index (χ0n) is 28.6. The van der Waals surface area contributed by atoms with Crippen LogP contribution in [-0.2, 0) is 26.3 Å². The molecule has 2 aromatic carbocycles. The van der Waals surface area contributed by atoms with E-state index in [4.69, 9.17) is 5.11 Å². The van der Waals surface area contributed by atoms with E-state index in [1.165, 1.54) is 0 Å². The number of aliphatic hydroxyl groups is 2. The van der Waals surface area contributed by atoms with Gasteiger partial charge in [-0.25, -0.2) is 0 Å². The summed E-state index contributed by atoms with van der Waals surface area (Å²) in [5, 5.41) is 28.4. The van der Waals surface area contributed by atoms with Crippen molar-refractivity contribution in [2.45, 2.75) is 88.4 Å². The van der Waals surface area contributed by atoms with Gasteiger partial charge in [0.1, 0.15) is 6.04 Å². The fraction of sp³-hybridized carbons (Fsp3) is 0.472. The lowest BCUT2D eigenvalue weighted by Crippen LogP contribution is -2.52. The molecule has 1 heterocycles. The molecule has 0 fully saturated rings. The Kier molecular flexibility index (Phi) is 12.4. The average molecular weight is 697 g/mol. The van der Waals surface area contributed by atoms with Gasteiger partial charge >= 0.3 is 0 Å². The van der Waals surface area contributed by atoms with Gasteiger partial charge in [0.2, 0.25) is 22.1 Å². The van der Waals surface area contributed by atoms with Gasteiger partial charge in [-0.3, -0.25) is 9.59 Å². The number of hydrogen-bond acceptors (Lipinski definition) is 9. The Labute approximate surface area is 289 Å². The molecule has 12 heteroatoms. The number of fused-ring (bicyclic) bond motifs is 1. The van der Waals surface area contributed by atoms with E-state index in [0.717, 1.165) is 33.0 Å². The number of rotatable bonds is 12. The number of para-hydroxylation sites is 1. The summed E-state index contributed by atoms with van der Waals surface area (Å²) in [6.07, 6.45) is 5.94. The van der Waals surface area contributed by atoms with Gasteiger partial charge in [0.15, 0.2) is 0 Å². The number of carbonyl (C=O) groups excluding carboxylic acids is 2. The highest BCUT2D eigenvalue weighted by Crippen LogP contribution is 2.35. The van der Waals surface area contributed by atoms with Gasteiger partial charge < -0.3 is 31.1 Å². The summed E-state index contributed by atoms with van der Waals surface area (Å²) in [6, 6.07) is 12.8. The Hall–Kier alpha value is -3.42. The van der Waals surface area contributed by atoms with Crippen LogP contribution < -0.4 is 20.9 Å². The molecule has 48 heavy (non-hydrogen) atoms. The predicted octanol–water partition coefficient (Wildman–Crippen LogP) is 3.96. The Balaban J connectivity index is 1.64. The normalized spacial score (nSPS) is 17.6. The second kappa shape index (κ2) is 15.9. The SMILES string of the molecule is CSc1ccc2c(c1)CC[C@@H](NC(=O)CC(C)(C)NC[C@H](O)CO)C(=O)N2CC1=CC=C(c2ccccc2NC(C)(C)C)C(=S(=O)=O)C1. The minimum atomic E-state index is -2.50. The summed E-state index contributed by atoms with van der Waals surface area (Å²) in [6.45, 7) is 9.67. The van der Waals surface area contributed by atoms with Crippen LogP contribution in [0.3, 0.4) is 0 Å². The lowest BCUT2D eigenvalue weighted by molar-refractivity contribution is -0.128. The predicted molar refractivity (Wildman–Crippen MR) is 195 cm³/mol. The second-order valence-electron chi connectivity index (χ2n) is 14.0. The van der Waals surface area contributed by atoms with Crippen molar-refractivity contribution in [1.82, 2.24) is 10.6 Å². The maximum absolute atomic E-state index is 14.2. The van der Waals surface area contributed by atoms with Gasteiger partial charge in [0.25, 0.3) is 0 Å². The topological polar surface area (TPSA) is 148 Å². The van der Waals surface area contributed by atoms with Gasteiger partial charge in [-0.15, -0.1) is 11.8 Å². The van der Waals surface area contributed by atoms with Crippen LogP contribution in [0, 0.1) is 0 Å². The lowest BCUT2D eigenvalue weighted by atomic mass is 9.91. The molecular weight excluding hydrogens is 649 g/mol. The minimum absolute atomic E-state index is 0.0520. The van der Waals surface area contributed by atoms with E-state index >= 15 is 0 Å². The Morgan fingerprint density at radius 3 is 2.50 bits per heavy atom. The highest BCUT2D eigenvalue weighted by Gasteiger charge is 2.34. The van der Waals surface area contributed by atoms with E-state index in [2.05, 4.69) is 22.0 Å². The fourth-order valence-electron chi connectivity index (χ4n) is 5.93. The first-order valence-corrected chi connectivity index (χ1v) is 18.4. The molecule has 0 spiro atoms. The van der Waals surface area contributed by atoms with E-state index in [1.807, 2.05) is 89.4 Å². The quantitative estimate of drug-likeness (QED) is 0.164. The van der Waals surface area contributed by atoms with Crippen molar-refractivity contribution in [3.8, 4) is 0 Å². The van der Waals surface area contributed by atoms with Crippen molar-refractivity contribution in [1.29, 1.82) is 0 Å². The number of aliphatic hydroxyl groups excluding tert-OH is 2. The molecule has 260 valence electrons. The zero-order chi connectivity index (χ0) is 35.2. The van der Waals surface area contributed by atoms with Crippen LogP contribution in [-0.4, -0.2) is 84.5 Å². The summed E-state index contributed by atoms with van der Waals surface area (Å²) in [5.74, 6) is -0.579. The third-order valence-electron chi connectivity index (χ3n) is 8.27. The molecule has 1 aliphatic heterocycles. The minimum Gasteiger partial charge on any atom is -0.394 e. The summed E-state index contributed by atoms with van der Waals surface area (Å²) < 4.78 is 25.3. The average Bonchev–Trinajstić information content (AvgIpc) is 3.14. The Morgan fingerprint density at radius 2 is 1.83 bits per heavy atom. The van der Waals surface area contributed by atoms with Gasteiger partial charge in [-0.05, 0) is 89.1 Å². The summed E-state index contributed by atoms with van der Waals surface area (Å²) in [4.78, 5) is 30.4. The van der Waals surface area contributed by atoms with Crippen molar-refractivity contribution >= 4 is 55.7 Å². The molecule has 0 bridgehead atoms. The largest absolute Gasteiger partial charge is 0.394 e. The Morgan fingerprint density at radius 1 is 1.10 bits per heavy atom. The number of nitrogens with one attached hydrogen (secondary N) is 3. The first-order chi connectivity index (χ1) is 22.6. The molecule has 0 saturated heterocycles. The summed E-state index contributed by atoms with van der Waals surface area (Å²) >= 11 is 1.61. The number of allylic oxidation sites excluding steroid dienone is 3.